The second-order valence-electron chi connectivity index (χ2n) is 10.3. The van der Waals surface area contributed by atoms with Gasteiger partial charge in [-0.05, 0) is 73.7 Å². The first-order valence-electron chi connectivity index (χ1n) is 13.7. The van der Waals surface area contributed by atoms with Crippen LogP contribution in [0.4, 0.5) is 0 Å². The third-order valence-corrected chi connectivity index (χ3v) is 8.18. The molecule has 2 heterocycles. The molecule has 0 spiro atoms. The van der Waals surface area contributed by atoms with E-state index in [4.69, 9.17) is 27.9 Å². The van der Waals surface area contributed by atoms with Crippen LogP contribution in [0.3, 0.4) is 0 Å². The first-order valence-corrected chi connectivity index (χ1v) is 14.5. The molecule has 2 aromatic carbocycles. The van der Waals surface area contributed by atoms with E-state index in [-0.39, 0.29) is 11.7 Å². The van der Waals surface area contributed by atoms with Gasteiger partial charge in [-0.3, -0.25) is 9.59 Å². The summed E-state index contributed by atoms with van der Waals surface area (Å²) >= 11 is 12.3. The highest BCUT2D eigenvalue weighted by Gasteiger charge is 2.25. The van der Waals surface area contributed by atoms with Gasteiger partial charge in [0.05, 0.1) is 0 Å². The van der Waals surface area contributed by atoms with Crippen molar-refractivity contribution in [2.24, 2.45) is 0 Å². The summed E-state index contributed by atoms with van der Waals surface area (Å²) in [7, 11) is 0. The van der Waals surface area contributed by atoms with Crippen molar-refractivity contribution in [1.29, 1.82) is 0 Å². The minimum absolute atomic E-state index is 0.0462. The number of nitrogens with one attached hydrogen (secondary N) is 1. The molecule has 1 aliphatic carbocycles. The van der Waals surface area contributed by atoms with Crippen LogP contribution in [-0.4, -0.2) is 54.2 Å². The summed E-state index contributed by atoms with van der Waals surface area (Å²) in [6.45, 7) is 4.22. The standard InChI is InChI=1S/C32H33Cl2N3O3/c33-26-9-8-24(30(34)21-26)10-13-35-32(39)29-7-2-1-6-28(29)23-11-14-36(15-12-23)16-17-37-18-19-40-31(22-37)25-4-3-5-27(38)20-25/h1-9,18-19,21-23H,10-17,20H2,(H,35,39). The molecule has 0 atom stereocenters. The van der Waals surface area contributed by atoms with Crippen LogP contribution in [0, 0.1) is 0 Å². The number of carbonyl (C=O) groups is 2. The number of ether oxygens (including phenoxy) is 1. The number of allylic oxidation sites excluding steroid dienone is 4. The maximum absolute atomic E-state index is 13.1. The summed E-state index contributed by atoms with van der Waals surface area (Å²) in [5.41, 5.74) is 3.74. The molecule has 1 saturated heterocycles. The van der Waals surface area contributed by atoms with Crippen LogP contribution < -0.4 is 5.32 Å². The number of piperidine rings is 1. The summed E-state index contributed by atoms with van der Waals surface area (Å²) in [5, 5.41) is 4.29. The van der Waals surface area contributed by atoms with E-state index in [1.807, 2.05) is 48.8 Å². The van der Waals surface area contributed by atoms with E-state index in [1.54, 1.807) is 24.5 Å². The normalized spacial score (nSPS) is 17.9. The predicted octanol–water partition coefficient (Wildman–Crippen LogP) is 6.25. The Morgan fingerprint density at radius 1 is 1.07 bits per heavy atom. The lowest BCUT2D eigenvalue weighted by Crippen LogP contribution is -2.38. The molecule has 1 fully saturated rings. The van der Waals surface area contributed by atoms with E-state index in [0.29, 0.717) is 35.3 Å². The topological polar surface area (TPSA) is 61.9 Å². The molecule has 0 bridgehead atoms. The van der Waals surface area contributed by atoms with Crippen molar-refractivity contribution in [3.63, 3.8) is 0 Å². The number of nitrogens with zero attached hydrogens (tertiary/aromatic N) is 2. The van der Waals surface area contributed by atoms with E-state index < -0.39 is 0 Å². The SMILES string of the molecule is O=C1C=CC=C(C2=CN(CCN3CCC(c4ccccc4C(=O)NCCc4ccc(Cl)cc4Cl)CC3)C=CO2)C1. The Hall–Kier alpha value is -3.32. The van der Waals surface area contributed by atoms with Gasteiger partial charge in [0, 0.05) is 59.6 Å². The fraction of sp³-hybridized carbons (Fsp3) is 0.312. The lowest BCUT2D eigenvalue weighted by molar-refractivity contribution is -0.114. The molecule has 40 heavy (non-hydrogen) atoms. The molecule has 5 rings (SSSR count). The van der Waals surface area contributed by atoms with Crippen LogP contribution in [-0.2, 0) is 16.0 Å². The Bertz CT molecular complexity index is 1370. The third kappa shape index (κ3) is 7.25. The van der Waals surface area contributed by atoms with Gasteiger partial charge >= 0.3 is 0 Å². The molecule has 2 aromatic rings. The number of rotatable bonds is 9. The molecule has 8 heteroatoms. The van der Waals surface area contributed by atoms with Crippen LogP contribution in [0.25, 0.3) is 0 Å². The second-order valence-corrected chi connectivity index (χ2v) is 11.1. The highest BCUT2D eigenvalue weighted by atomic mass is 35.5. The summed E-state index contributed by atoms with van der Waals surface area (Å²) in [6, 6.07) is 13.4. The first kappa shape index (κ1) is 28.2. The number of hydrogen-bond acceptors (Lipinski definition) is 5. The maximum Gasteiger partial charge on any atom is 0.251 e. The Morgan fingerprint density at radius 3 is 2.70 bits per heavy atom. The summed E-state index contributed by atoms with van der Waals surface area (Å²) in [6.07, 6.45) is 13.9. The summed E-state index contributed by atoms with van der Waals surface area (Å²) in [5.74, 6) is 1.12. The fourth-order valence-corrected chi connectivity index (χ4v) is 5.87. The number of hydrogen-bond donors (Lipinski definition) is 1. The van der Waals surface area contributed by atoms with E-state index >= 15 is 0 Å². The van der Waals surface area contributed by atoms with Gasteiger partial charge in [-0.25, -0.2) is 0 Å². The van der Waals surface area contributed by atoms with Gasteiger partial charge in [-0.1, -0.05) is 59.6 Å². The van der Waals surface area contributed by atoms with E-state index in [0.717, 1.165) is 67.0 Å². The minimum Gasteiger partial charge on any atom is -0.462 e. The van der Waals surface area contributed by atoms with Gasteiger partial charge in [0.2, 0.25) is 0 Å². The number of benzene rings is 2. The van der Waals surface area contributed by atoms with Crippen LogP contribution in [0.5, 0.6) is 0 Å². The van der Waals surface area contributed by atoms with Crippen LogP contribution in [0.1, 0.15) is 46.7 Å². The van der Waals surface area contributed by atoms with Gasteiger partial charge in [0.25, 0.3) is 5.91 Å². The zero-order valence-corrected chi connectivity index (χ0v) is 23.8. The first-order chi connectivity index (χ1) is 19.5. The molecule has 1 amide bonds. The average molecular weight is 579 g/mol. The highest BCUT2D eigenvalue weighted by molar-refractivity contribution is 6.35. The fourth-order valence-electron chi connectivity index (χ4n) is 5.36. The van der Waals surface area contributed by atoms with Gasteiger partial charge in [0.15, 0.2) is 5.78 Å². The van der Waals surface area contributed by atoms with Crippen molar-refractivity contribution >= 4 is 34.9 Å². The van der Waals surface area contributed by atoms with Crippen LogP contribution >= 0.6 is 23.2 Å². The van der Waals surface area contributed by atoms with Gasteiger partial charge in [-0.15, -0.1) is 0 Å². The van der Waals surface area contributed by atoms with E-state index in [1.165, 1.54) is 0 Å². The molecule has 3 aliphatic rings. The molecule has 0 aromatic heterocycles. The molecule has 0 unspecified atom stereocenters. The number of halogens is 2. The lowest BCUT2D eigenvalue weighted by atomic mass is 9.86. The lowest BCUT2D eigenvalue weighted by Gasteiger charge is -2.34. The monoisotopic (exact) mass is 577 g/mol. The quantitative estimate of drug-likeness (QED) is 0.382. The molecule has 0 saturated carbocycles. The molecule has 1 N–H and O–H groups in total. The molecular weight excluding hydrogens is 545 g/mol. The molecule has 0 radical (unpaired) electrons. The van der Waals surface area contributed by atoms with Crippen LogP contribution in [0.15, 0.2) is 90.7 Å². The van der Waals surface area contributed by atoms with E-state index in [2.05, 4.69) is 21.2 Å². The van der Waals surface area contributed by atoms with Crippen LogP contribution in [0.2, 0.25) is 10.0 Å². The highest BCUT2D eigenvalue weighted by Crippen LogP contribution is 2.31. The zero-order chi connectivity index (χ0) is 27.9. The molecule has 208 valence electrons. The summed E-state index contributed by atoms with van der Waals surface area (Å²) < 4.78 is 5.67. The number of ketones is 1. The van der Waals surface area contributed by atoms with Crippen molar-refractivity contribution < 1.29 is 14.3 Å². The minimum atomic E-state index is -0.0462. The van der Waals surface area contributed by atoms with Crippen molar-refractivity contribution in [2.75, 3.05) is 32.7 Å². The molecule has 2 aliphatic heterocycles. The third-order valence-electron chi connectivity index (χ3n) is 7.59. The van der Waals surface area contributed by atoms with Crippen molar-refractivity contribution in [3.05, 3.63) is 117 Å². The molecule has 6 nitrogen and oxygen atoms in total. The number of amides is 1. The van der Waals surface area contributed by atoms with Crippen molar-refractivity contribution in [3.8, 4) is 0 Å². The Kier molecular flexibility index (Phi) is 9.42. The Labute approximate surface area is 245 Å². The van der Waals surface area contributed by atoms with Gasteiger partial charge in [-0.2, -0.15) is 0 Å². The van der Waals surface area contributed by atoms with Crippen molar-refractivity contribution in [2.45, 2.75) is 31.6 Å². The maximum atomic E-state index is 13.1. The smallest absolute Gasteiger partial charge is 0.251 e. The second kappa shape index (κ2) is 13.4. The largest absolute Gasteiger partial charge is 0.462 e. The Balaban J connectivity index is 1.11. The predicted molar refractivity (Wildman–Crippen MR) is 159 cm³/mol. The number of likely N-dealkylation sites (tertiary alicyclic amines) is 1. The zero-order valence-electron chi connectivity index (χ0n) is 22.3. The Morgan fingerprint density at radius 2 is 1.90 bits per heavy atom. The van der Waals surface area contributed by atoms with Crippen molar-refractivity contribution in [1.82, 2.24) is 15.1 Å². The summed E-state index contributed by atoms with van der Waals surface area (Å²) in [4.78, 5) is 29.5. The van der Waals surface area contributed by atoms with Gasteiger partial charge in [0.1, 0.15) is 12.0 Å². The average Bonchev–Trinajstić information content (AvgIpc) is 2.97. The molecular formula is C32H33Cl2N3O3. The van der Waals surface area contributed by atoms with Gasteiger partial charge < -0.3 is 19.9 Å². The van der Waals surface area contributed by atoms with E-state index in [9.17, 15) is 9.59 Å². The number of carbonyl (C=O) groups excluding carboxylic acids is 2.